The van der Waals surface area contributed by atoms with Gasteiger partial charge in [0.2, 0.25) is 5.91 Å². The quantitative estimate of drug-likeness (QED) is 0.921. The van der Waals surface area contributed by atoms with Gasteiger partial charge in [0.05, 0.1) is 14.2 Å². The highest BCUT2D eigenvalue weighted by molar-refractivity contribution is 5.81. The van der Waals surface area contributed by atoms with Gasteiger partial charge < -0.3 is 14.8 Å². The fourth-order valence-corrected chi connectivity index (χ4v) is 3.79. The number of methoxy groups -OCH3 is 2. The van der Waals surface area contributed by atoms with Crippen LogP contribution >= 0.6 is 0 Å². The molecule has 1 aromatic carbocycles. The third-order valence-electron chi connectivity index (χ3n) is 4.80. The number of carbonyl (C=O) groups is 1. The molecule has 2 aliphatic rings. The molecule has 108 valence electrons. The van der Waals surface area contributed by atoms with Gasteiger partial charge in [0.25, 0.3) is 0 Å². The monoisotopic (exact) mass is 275 g/mol. The van der Waals surface area contributed by atoms with Gasteiger partial charge in [-0.05, 0) is 30.5 Å². The predicted octanol–water partition coefficient (Wildman–Crippen LogP) is 2.40. The Balaban J connectivity index is 2.03. The van der Waals surface area contributed by atoms with Crippen LogP contribution in [0, 0.1) is 0 Å². The Labute approximate surface area is 119 Å². The highest BCUT2D eigenvalue weighted by atomic mass is 16.5. The summed E-state index contributed by atoms with van der Waals surface area (Å²) >= 11 is 0. The topological polar surface area (TPSA) is 47.6 Å². The second-order valence-corrected chi connectivity index (χ2v) is 5.77. The third-order valence-corrected chi connectivity index (χ3v) is 4.80. The summed E-state index contributed by atoms with van der Waals surface area (Å²) in [6, 6.07) is 6.33. The summed E-state index contributed by atoms with van der Waals surface area (Å²) in [6.45, 7) is 0. The number of benzene rings is 1. The molecule has 0 spiro atoms. The lowest BCUT2D eigenvalue weighted by molar-refractivity contribution is -0.119. The zero-order chi connectivity index (χ0) is 14.2. The lowest BCUT2D eigenvalue weighted by atomic mass is 9.66. The molecular formula is C16H21NO3. The van der Waals surface area contributed by atoms with Crippen LogP contribution in [0.2, 0.25) is 0 Å². The highest BCUT2D eigenvalue weighted by Crippen LogP contribution is 2.47. The van der Waals surface area contributed by atoms with Crippen LogP contribution in [0.3, 0.4) is 0 Å². The second kappa shape index (κ2) is 5.00. The molecular weight excluding hydrogens is 254 g/mol. The van der Waals surface area contributed by atoms with Gasteiger partial charge in [0.1, 0.15) is 0 Å². The Hall–Kier alpha value is -1.71. The van der Waals surface area contributed by atoms with Crippen molar-refractivity contribution in [3.05, 3.63) is 23.8 Å². The van der Waals surface area contributed by atoms with Crippen LogP contribution in [0.4, 0.5) is 0 Å². The Morgan fingerprint density at radius 1 is 1.20 bits per heavy atom. The van der Waals surface area contributed by atoms with Crippen LogP contribution in [0.5, 0.6) is 11.5 Å². The molecule has 4 nitrogen and oxygen atoms in total. The molecule has 1 aromatic rings. The molecule has 1 N–H and O–H groups in total. The van der Waals surface area contributed by atoms with E-state index in [2.05, 4.69) is 11.4 Å². The first kappa shape index (κ1) is 13.3. The van der Waals surface area contributed by atoms with E-state index in [1.165, 1.54) is 18.4 Å². The molecule has 1 amide bonds. The van der Waals surface area contributed by atoms with Gasteiger partial charge in [0.15, 0.2) is 11.5 Å². The summed E-state index contributed by atoms with van der Waals surface area (Å²) in [5.74, 6) is 1.65. The van der Waals surface area contributed by atoms with Crippen LogP contribution in [-0.4, -0.2) is 26.2 Å². The van der Waals surface area contributed by atoms with Crippen molar-refractivity contribution in [1.29, 1.82) is 0 Å². The van der Waals surface area contributed by atoms with Gasteiger partial charge in [0, 0.05) is 17.9 Å². The molecule has 2 atom stereocenters. The molecule has 0 radical (unpaired) electrons. The molecule has 1 aliphatic carbocycles. The van der Waals surface area contributed by atoms with Crippen LogP contribution in [0.25, 0.3) is 0 Å². The summed E-state index contributed by atoms with van der Waals surface area (Å²) in [5, 5.41) is 3.15. The number of carbonyl (C=O) groups excluding carboxylic acids is 1. The molecule has 1 saturated carbocycles. The van der Waals surface area contributed by atoms with Crippen molar-refractivity contribution >= 4 is 5.91 Å². The van der Waals surface area contributed by atoms with Crippen molar-refractivity contribution in [3.8, 4) is 11.5 Å². The average Bonchev–Trinajstić information content (AvgIpc) is 2.83. The van der Waals surface area contributed by atoms with E-state index in [-0.39, 0.29) is 17.4 Å². The van der Waals surface area contributed by atoms with Crippen LogP contribution in [-0.2, 0) is 10.2 Å². The van der Waals surface area contributed by atoms with Gasteiger partial charge in [-0.15, -0.1) is 0 Å². The fourth-order valence-electron chi connectivity index (χ4n) is 3.79. The summed E-state index contributed by atoms with van der Waals surface area (Å²) in [5.41, 5.74) is 1.13. The summed E-state index contributed by atoms with van der Waals surface area (Å²) in [6.07, 6.45) is 5.10. The van der Waals surface area contributed by atoms with E-state index in [0.29, 0.717) is 6.42 Å². The number of ether oxygens (including phenoxy) is 2. The van der Waals surface area contributed by atoms with Gasteiger partial charge >= 0.3 is 0 Å². The van der Waals surface area contributed by atoms with E-state index in [1.54, 1.807) is 14.2 Å². The summed E-state index contributed by atoms with van der Waals surface area (Å²) < 4.78 is 10.7. The van der Waals surface area contributed by atoms with Crippen molar-refractivity contribution in [1.82, 2.24) is 5.32 Å². The number of amides is 1. The number of nitrogens with one attached hydrogen (secondary N) is 1. The maximum atomic E-state index is 11.9. The molecule has 20 heavy (non-hydrogen) atoms. The van der Waals surface area contributed by atoms with Crippen LogP contribution < -0.4 is 14.8 Å². The van der Waals surface area contributed by atoms with Gasteiger partial charge in [-0.25, -0.2) is 0 Å². The zero-order valence-corrected chi connectivity index (χ0v) is 12.1. The van der Waals surface area contributed by atoms with Gasteiger partial charge in [-0.2, -0.15) is 0 Å². The maximum Gasteiger partial charge on any atom is 0.221 e. The number of hydrogen-bond donors (Lipinski definition) is 1. The number of fused-ring (bicyclic) bond motifs is 1. The van der Waals surface area contributed by atoms with E-state index in [9.17, 15) is 4.79 Å². The molecule has 2 fully saturated rings. The summed E-state index contributed by atoms with van der Waals surface area (Å²) in [7, 11) is 3.29. The molecule has 4 heteroatoms. The Kier molecular flexibility index (Phi) is 3.32. The zero-order valence-electron chi connectivity index (χ0n) is 12.1. The van der Waals surface area contributed by atoms with Crippen molar-refractivity contribution in [2.75, 3.05) is 14.2 Å². The first-order valence-corrected chi connectivity index (χ1v) is 7.21. The lowest BCUT2D eigenvalue weighted by Gasteiger charge is -2.38. The minimum atomic E-state index is -0.0606. The highest BCUT2D eigenvalue weighted by Gasteiger charge is 2.49. The van der Waals surface area contributed by atoms with Crippen LogP contribution in [0.1, 0.15) is 37.7 Å². The molecule has 0 aromatic heterocycles. The number of rotatable bonds is 3. The molecule has 3 rings (SSSR count). The molecule has 1 heterocycles. The predicted molar refractivity (Wildman–Crippen MR) is 76.2 cm³/mol. The largest absolute Gasteiger partial charge is 0.493 e. The fraction of sp³-hybridized carbons (Fsp3) is 0.562. The van der Waals surface area contributed by atoms with E-state index >= 15 is 0 Å². The van der Waals surface area contributed by atoms with E-state index in [4.69, 9.17) is 9.47 Å². The SMILES string of the molecule is COc1ccc([C@]23CCCC[C@H]2NC(=O)C3)cc1OC. The van der Waals surface area contributed by atoms with E-state index in [1.807, 2.05) is 12.1 Å². The maximum absolute atomic E-state index is 11.9. The first-order chi connectivity index (χ1) is 9.69. The summed E-state index contributed by atoms with van der Waals surface area (Å²) in [4.78, 5) is 11.9. The minimum Gasteiger partial charge on any atom is -0.493 e. The molecule has 1 saturated heterocycles. The average molecular weight is 275 g/mol. The normalized spacial score (nSPS) is 28.7. The Morgan fingerprint density at radius 2 is 2.00 bits per heavy atom. The molecule has 0 bridgehead atoms. The Morgan fingerprint density at radius 3 is 2.75 bits per heavy atom. The minimum absolute atomic E-state index is 0.0606. The lowest BCUT2D eigenvalue weighted by Crippen LogP contribution is -2.43. The van der Waals surface area contributed by atoms with E-state index < -0.39 is 0 Å². The van der Waals surface area contributed by atoms with Crippen molar-refractivity contribution in [2.24, 2.45) is 0 Å². The van der Waals surface area contributed by atoms with E-state index in [0.717, 1.165) is 24.3 Å². The molecule has 0 unspecified atom stereocenters. The second-order valence-electron chi connectivity index (χ2n) is 5.77. The van der Waals surface area contributed by atoms with Crippen molar-refractivity contribution in [3.63, 3.8) is 0 Å². The van der Waals surface area contributed by atoms with Crippen molar-refractivity contribution < 1.29 is 14.3 Å². The Bertz CT molecular complexity index is 528. The van der Waals surface area contributed by atoms with Gasteiger partial charge in [-0.1, -0.05) is 18.9 Å². The third kappa shape index (κ3) is 1.94. The first-order valence-electron chi connectivity index (χ1n) is 7.21. The van der Waals surface area contributed by atoms with Crippen molar-refractivity contribution in [2.45, 2.75) is 43.6 Å². The van der Waals surface area contributed by atoms with Gasteiger partial charge in [-0.3, -0.25) is 4.79 Å². The number of hydrogen-bond acceptors (Lipinski definition) is 3. The van der Waals surface area contributed by atoms with Crippen LogP contribution in [0.15, 0.2) is 18.2 Å². The smallest absolute Gasteiger partial charge is 0.221 e. The molecule has 1 aliphatic heterocycles. The standard InChI is InChI=1S/C16H21NO3/c1-19-12-7-6-11(9-13(12)20-2)16-8-4-3-5-14(16)17-15(18)10-16/h6-7,9,14H,3-5,8,10H2,1-2H3,(H,17,18)/t14-,16-/m1/s1.